The Morgan fingerprint density at radius 3 is 0.429 bits per heavy atom. The molecule has 0 saturated carbocycles. The van der Waals surface area contributed by atoms with Gasteiger partial charge in [-0.1, -0.05) is 0 Å². The van der Waals surface area contributed by atoms with E-state index in [1.807, 2.05) is 0 Å². The average molecular weight is 502 g/mol. The van der Waals surface area contributed by atoms with Gasteiger partial charge in [-0.15, -0.1) is 0 Å². The fraction of sp³-hybridized carbons (Fsp3) is 0. The molecule has 0 aliphatic heterocycles. The van der Waals surface area contributed by atoms with Crippen LogP contribution in [-0.4, -0.2) is 51.7 Å². The fourth-order valence-electron chi connectivity index (χ4n) is 0. The largest absolute Gasteiger partial charge is 3.00 e. The monoisotopic (exact) mass is 506 g/mol. The van der Waals surface area contributed by atoms with E-state index in [2.05, 4.69) is 0 Å². The molecule has 0 fully saturated rings. The second kappa shape index (κ2) is 56.5. The molecular weight excluding hydrogens is 502 g/mol. The molecule has 0 spiro atoms. The van der Waals surface area contributed by atoms with Crippen LogP contribution in [0.15, 0.2) is 0 Å². The van der Waals surface area contributed by atoms with Crippen molar-refractivity contribution < 1.29 is 71.0 Å². The van der Waals surface area contributed by atoms with E-state index in [9.17, 15) is 0 Å². The van der Waals surface area contributed by atoms with E-state index >= 15 is 0 Å². The first-order valence-electron chi connectivity index (χ1n) is 0. The topological polar surface area (TPSA) is 85.5 Å². The van der Waals surface area contributed by atoms with Crippen LogP contribution in [0.3, 0.4) is 0 Å². The maximum atomic E-state index is 0. The summed E-state index contributed by atoms with van der Waals surface area (Å²) in [6.07, 6.45) is 0. The van der Waals surface area contributed by atoms with Crippen LogP contribution in [0.25, 0.3) is 0 Å². The summed E-state index contributed by atoms with van der Waals surface area (Å²) in [5.41, 5.74) is 0. The summed E-state index contributed by atoms with van der Waals surface area (Å²) in [5, 5.41) is 0. The third-order valence-electron chi connectivity index (χ3n) is 0. The van der Waals surface area contributed by atoms with Crippen LogP contribution in [0.5, 0.6) is 0 Å². The molecule has 0 rings (SSSR count). The van der Waals surface area contributed by atoms with Crippen LogP contribution >= 0.6 is 0 Å². The molecule has 0 aromatic carbocycles. The average Bonchev–Trinajstić information content (AvgIpc) is 0. The van der Waals surface area contributed by atoms with Crippen molar-refractivity contribution >= 4 is 51.7 Å². The SMILES string of the molecule is [Cd].[Cd].[In+3].[In+3].[O-2].[O-2].[O-2]. The van der Waals surface area contributed by atoms with Crippen LogP contribution in [0.2, 0.25) is 0 Å². The van der Waals surface area contributed by atoms with Gasteiger partial charge in [-0.05, 0) is 0 Å². The van der Waals surface area contributed by atoms with E-state index in [0.29, 0.717) is 0 Å². The first kappa shape index (κ1) is 78.1. The Labute approximate surface area is 120 Å². The molecule has 0 N–H and O–H groups in total. The fourth-order valence-corrected chi connectivity index (χ4v) is 0. The van der Waals surface area contributed by atoms with Gasteiger partial charge < -0.3 is 16.4 Å². The molecule has 0 saturated heterocycles. The van der Waals surface area contributed by atoms with Gasteiger partial charge in [-0.25, -0.2) is 0 Å². The van der Waals surface area contributed by atoms with Crippen molar-refractivity contribution in [1.82, 2.24) is 0 Å². The summed E-state index contributed by atoms with van der Waals surface area (Å²) in [7, 11) is 0. The second-order valence-corrected chi connectivity index (χ2v) is 0. The summed E-state index contributed by atoms with van der Waals surface area (Å²) in [5.74, 6) is 0. The normalized spacial score (nSPS) is 0. The Hall–Kier alpha value is 3.46. The van der Waals surface area contributed by atoms with Gasteiger partial charge >= 0.3 is 51.7 Å². The van der Waals surface area contributed by atoms with Crippen LogP contribution < -0.4 is 0 Å². The van der Waals surface area contributed by atoms with Gasteiger partial charge in [0.05, 0.1) is 0 Å². The Bertz CT molecular complexity index is 10.9. The van der Waals surface area contributed by atoms with E-state index in [0.717, 1.165) is 0 Å². The van der Waals surface area contributed by atoms with Crippen molar-refractivity contribution in [1.29, 1.82) is 0 Å². The molecule has 0 aliphatic carbocycles. The van der Waals surface area contributed by atoms with Gasteiger partial charge in [-0.3, -0.25) is 0 Å². The number of hydrogen-bond donors (Lipinski definition) is 0. The molecule has 3 nitrogen and oxygen atoms in total. The van der Waals surface area contributed by atoms with Gasteiger partial charge in [0.25, 0.3) is 0 Å². The maximum Gasteiger partial charge on any atom is 3.00 e. The molecule has 7 heteroatoms. The molecule has 0 amide bonds. The molecule has 0 aromatic heterocycles. The number of rotatable bonds is 0. The Kier molecular flexibility index (Phi) is 630. The predicted octanol–water partition coefficient (Wildman–Crippen LogP) is -1.12. The van der Waals surface area contributed by atoms with Gasteiger partial charge in [-0.2, -0.15) is 0 Å². The molecule has 7 heavy (non-hydrogen) atoms. The Balaban J connectivity index is 0. The van der Waals surface area contributed by atoms with Gasteiger partial charge in [0.2, 0.25) is 0 Å². The summed E-state index contributed by atoms with van der Waals surface area (Å²) < 4.78 is 0. The minimum Gasteiger partial charge on any atom is -2.00 e. The van der Waals surface area contributed by atoms with E-state index < -0.39 is 0 Å². The molecule has 0 heterocycles. The minimum absolute atomic E-state index is 0. The van der Waals surface area contributed by atoms with Crippen LogP contribution in [0, 0.1) is 0 Å². The molecular formula is Cd2In2O3. The van der Waals surface area contributed by atoms with Gasteiger partial charge in [0.15, 0.2) is 0 Å². The molecule has 0 aromatic rings. The van der Waals surface area contributed by atoms with Crippen LogP contribution in [0.4, 0.5) is 0 Å². The summed E-state index contributed by atoms with van der Waals surface area (Å²) in [4.78, 5) is 0. The zero-order valence-corrected chi connectivity index (χ0v) is 18.5. The van der Waals surface area contributed by atoms with Crippen LogP contribution in [-0.2, 0) is 71.0 Å². The number of hydrogen-bond acceptors (Lipinski definition) is 0. The zero-order chi connectivity index (χ0) is 0. The molecule has 0 aliphatic rings. The smallest absolute Gasteiger partial charge is 2.00 e. The van der Waals surface area contributed by atoms with E-state index in [-0.39, 0.29) is 123 Å². The van der Waals surface area contributed by atoms with E-state index in [1.54, 1.807) is 0 Å². The molecule has 0 unspecified atom stereocenters. The second-order valence-electron chi connectivity index (χ2n) is 0. The van der Waals surface area contributed by atoms with Crippen molar-refractivity contribution in [3.63, 3.8) is 0 Å². The molecule has 28 valence electrons. The third kappa shape index (κ3) is 43.9. The Morgan fingerprint density at radius 1 is 0.429 bits per heavy atom. The van der Waals surface area contributed by atoms with Crippen LogP contribution in [0.1, 0.15) is 0 Å². The molecule has 0 radical (unpaired) electrons. The van der Waals surface area contributed by atoms with E-state index in [1.165, 1.54) is 0 Å². The zero-order valence-electron chi connectivity index (χ0n) is 3.79. The predicted molar refractivity (Wildman–Crippen MR) is 13.6 cm³/mol. The maximum absolute atomic E-state index is 0. The minimum atomic E-state index is 0. The molecule has 0 bridgehead atoms. The quantitative estimate of drug-likeness (QED) is 0.376. The van der Waals surface area contributed by atoms with Crippen molar-refractivity contribution in [2.75, 3.05) is 0 Å². The van der Waals surface area contributed by atoms with Crippen molar-refractivity contribution in [3.8, 4) is 0 Å². The van der Waals surface area contributed by atoms with Crippen molar-refractivity contribution in [3.05, 3.63) is 0 Å². The summed E-state index contributed by atoms with van der Waals surface area (Å²) >= 11 is 0. The summed E-state index contributed by atoms with van der Waals surface area (Å²) in [6.45, 7) is 0. The standard InChI is InChI=1S/2Cd.2In.3O/q;;2*+3;3*-2. The molecule has 0 atom stereocenters. The van der Waals surface area contributed by atoms with Crippen molar-refractivity contribution in [2.24, 2.45) is 0 Å². The van der Waals surface area contributed by atoms with Gasteiger partial charge in [0.1, 0.15) is 0 Å². The van der Waals surface area contributed by atoms with E-state index in [4.69, 9.17) is 0 Å². The first-order valence-corrected chi connectivity index (χ1v) is 0. The third-order valence-corrected chi connectivity index (χ3v) is 0. The van der Waals surface area contributed by atoms with Crippen molar-refractivity contribution in [2.45, 2.75) is 0 Å². The first-order chi connectivity index (χ1) is 0. The Morgan fingerprint density at radius 2 is 0.429 bits per heavy atom. The summed E-state index contributed by atoms with van der Waals surface area (Å²) in [6, 6.07) is 0. The van der Waals surface area contributed by atoms with Gasteiger partial charge in [0, 0.05) is 54.6 Å².